The van der Waals surface area contributed by atoms with E-state index in [0.717, 1.165) is 17.4 Å². The van der Waals surface area contributed by atoms with Crippen LogP contribution in [0.4, 0.5) is 5.69 Å². The molecule has 4 rings (SSSR count). The van der Waals surface area contributed by atoms with E-state index in [1.807, 2.05) is 0 Å². The van der Waals surface area contributed by atoms with Crippen molar-refractivity contribution in [2.45, 2.75) is 37.1 Å². The van der Waals surface area contributed by atoms with Gasteiger partial charge in [0.05, 0.1) is 11.2 Å². The van der Waals surface area contributed by atoms with Crippen LogP contribution >= 0.6 is 0 Å². The van der Waals surface area contributed by atoms with Crippen LogP contribution in [0.5, 0.6) is 0 Å². The smallest absolute Gasteiger partial charge is 0.326 e. The average molecular weight is 475 g/mol. The summed E-state index contributed by atoms with van der Waals surface area (Å²) in [5.74, 6) is -0.227. The van der Waals surface area contributed by atoms with Gasteiger partial charge in [0.2, 0.25) is 15.9 Å². The molecule has 0 spiro atoms. The quantitative estimate of drug-likeness (QED) is 0.535. The van der Waals surface area contributed by atoms with Crippen molar-refractivity contribution in [1.82, 2.24) is 23.0 Å². The van der Waals surface area contributed by atoms with Crippen LogP contribution in [-0.4, -0.2) is 50.4 Å². The van der Waals surface area contributed by atoms with Crippen LogP contribution in [-0.2, 0) is 35.5 Å². The number of benzene rings is 1. The average Bonchev–Trinajstić information content (AvgIpc) is 3.48. The van der Waals surface area contributed by atoms with Crippen molar-refractivity contribution in [2.24, 2.45) is 14.1 Å². The molecule has 11 nitrogen and oxygen atoms in total. The molecular weight excluding hydrogens is 448 g/mol. The second-order valence-corrected chi connectivity index (χ2v) is 10.0. The first-order chi connectivity index (χ1) is 15.7. The lowest BCUT2D eigenvalue weighted by Crippen LogP contribution is -2.37. The molecule has 0 unspecified atom stereocenters. The van der Waals surface area contributed by atoms with Crippen molar-refractivity contribution in [3.63, 3.8) is 0 Å². The molecule has 33 heavy (non-hydrogen) atoms. The topological polar surface area (TPSA) is 128 Å². The van der Waals surface area contributed by atoms with Gasteiger partial charge in [0.15, 0.2) is 11.2 Å². The Morgan fingerprint density at radius 1 is 1.06 bits per heavy atom. The number of hydrogen-bond acceptors (Lipinski definition) is 6. The van der Waals surface area contributed by atoms with Gasteiger partial charge in [0, 0.05) is 45.8 Å². The van der Waals surface area contributed by atoms with Gasteiger partial charge in [-0.25, -0.2) is 18.2 Å². The Kier molecular flexibility index (Phi) is 6.21. The van der Waals surface area contributed by atoms with Crippen molar-refractivity contribution >= 4 is 32.8 Å². The van der Waals surface area contributed by atoms with Crippen molar-refractivity contribution in [3.05, 3.63) is 51.4 Å². The summed E-state index contributed by atoms with van der Waals surface area (Å²) in [7, 11) is -0.525. The number of rotatable bonds is 7. The molecule has 2 aromatic heterocycles. The molecule has 1 aliphatic heterocycles. The maximum absolute atomic E-state index is 12.6. The van der Waals surface area contributed by atoms with Gasteiger partial charge >= 0.3 is 5.69 Å². The lowest BCUT2D eigenvalue weighted by Gasteiger charge is -2.15. The molecule has 1 fully saturated rings. The maximum Gasteiger partial charge on any atom is 0.332 e. The van der Waals surface area contributed by atoms with Gasteiger partial charge in [-0.05, 0) is 43.5 Å². The molecular formula is C21H26N6O5S. The predicted molar refractivity (Wildman–Crippen MR) is 123 cm³/mol. The van der Waals surface area contributed by atoms with Crippen LogP contribution in [0.25, 0.3) is 11.2 Å². The Bertz CT molecular complexity index is 1410. The molecule has 3 aromatic rings. The zero-order valence-electron chi connectivity index (χ0n) is 18.5. The van der Waals surface area contributed by atoms with Crippen LogP contribution in [0.1, 0.15) is 25.7 Å². The molecule has 1 aromatic carbocycles. The van der Waals surface area contributed by atoms with Crippen LogP contribution in [0.3, 0.4) is 0 Å². The van der Waals surface area contributed by atoms with Crippen molar-refractivity contribution in [3.8, 4) is 0 Å². The number of amides is 1. The first kappa shape index (κ1) is 22.9. The molecule has 0 bridgehead atoms. The summed E-state index contributed by atoms with van der Waals surface area (Å²) in [6, 6.07) is 6.16. The van der Waals surface area contributed by atoms with Crippen LogP contribution in [0.2, 0.25) is 0 Å². The SMILES string of the molecule is Cn1c(=O)c2c(ncn2CCCC(=O)Nc2ccc(S(=O)(=O)N3CCCC3)cc2)n(C)c1=O. The number of aryl methyl sites for hydroxylation is 2. The number of hydrogen-bond donors (Lipinski definition) is 1. The lowest BCUT2D eigenvalue weighted by atomic mass is 10.2. The second kappa shape index (κ2) is 8.94. The van der Waals surface area contributed by atoms with E-state index in [1.54, 1.807) is 23.7 Å². The summed E-state index contributed by atoms with van der Waals surface area (Å²) in [5, 5.41) is 2.76. The third-order valence-electron chi connectivity index (χ3n) is 5.86. The van der Waals surface area contributed by atoms with Gasteiger partial charge in [-0.2, -0.15) is 4.31 Å². The Balaban J connectivity index is 1.37. The normalized spacial score (nSPS) is 14.7. The largest absolute Gasteiger partial charge is 0.332 e. The highest BCUT2D eigenvalue weighted by Crippen LogP contribution is 2.22. The second-order valence-electron chi connectivity index (χ2n) is 8.10. The summed E-state index contributed by atoms with van der Waals surface area (Å²) < 4.78 is 30.6. The monoisotopic (exact) mass is 474 g/mol. The molecule has 0 radical (unpaired) electrons. The third kappa shape index (κ3) is 4.35. The lowest BCUT2D eigenvalue weighted by molar-refractivity contribution is -0.116. The molecule has 176 valence electrons. The number of carbonyl (C=O) groups is 1. The number of carbonyl (C=O) groups excluding carboxylic acids is 1. The van der Waals surface area contributed by atoms with Gasteiger partial charge in [-0.15, -0.1) is 0 Å². The summed E-state index contributed by atoms with van der Waals surface area (Å²) in [6.07, 6.45) is 3.87. The maximum atomic E-state index is 12.6. The Labute approximate surface area is 190 Å². The molecule has 1 N–H and O–H groups in total. The van der Waals surface area contributed by atoms with Crippen molar-refractivity contribution < 1.29 is 13.2 Å². The minimum Gasteiger partial charge on any atom is -0.326 e. The number of imidazole rings is 1. The third-order valence-corrected chi connectivity index (χ3v) is 7.77. The van der Waals surface area contributed by atoms with E-state index in [1.165, 1.54) is 34.4 Å². The summed E-state index contributed by atoms with van der Waals surface area (Å²) in [6.45, 7) is 1.45. The van der Waals surface area contributed by atoms with E-state index in [4.69, 9.17) is 0 Å². The number of nitrogens with zero attached hydrogens (tertiary/aromatic N) is 5. The number of anilines is 1. The van der Waals surface area contributed by atoms with Crippen molar-refractivity contribution in [2.75, 3.05) is 18.4 Å². The van der Waals surface area contributed by atoms with Gasteiger partial charge < -0.3 is 9.88 Å². The fraction of sp³-hybridized carbons (Fsp3) is 0.429. The fourth-order valence-electron chi connectivity index (χ4n) is 3.99. The molecule has 12 heteroatoms. The molecule has 3 heterocycles. The molecule has 1 saturated heterocycles. The van der Waals surface area contributed by atoms with E-state index in [0.29, 0.717) is 42.9 Å². The highest BCUT2D eigenvalue weighted by molar-refractivity contribution is 7.89. The molecule has 0 aliphatic carbocycles. The van der Waals surface area contributed by atoms with Crippen LogP contribution in [0.15, 0.2) is 45.1 Å². The predicted octanol–water partition coefficient (Wildman–Crippen LogP) is 0.637. The number of aromatic nitrogens is 4. The first-order valence-corrected chi connectivity index (χ1v) is 12.1. The van der Waals surface area contributed by atoms with Crippen LogP contribution in [0, 0.1) is 0 Å². The molecule has 1 amide bonds. The van der Waals surface area contributed by atoms with E-state index in [2.05, 4.69) is 10.3 Å². The Hall–Kier alpha value is -3.25. The molecule has 0 atom stereocenters. The van der Waals surface area contributed by atoms with E-state index >= 15 is 0 Å². The zero-order valence-corrected chi connectivity index (χ0v) is 19.3. The van der Waals surface area contributed by atoms with Gasteiger partial charge in [-0.3, -0.25) is 18.7 Å². The van der Waals surface area contributed by atoms with Gasteiger partial charge in [-0.1, -0.05) is 0 Å². The standard InChI is InChI=1S/C21H26N6O5S/c1-24-19-18(20(29)25(2)21(24)30)26(14-22-19)11-5-6-17(28)23-15-7-9-16(10-8-15)33(31,32)27-12-3-4-13-27/h7-10,14H,3-6,11-13H2,1-2H3,(H,23,28). The summed E-state index contributed by atoms with van der Waals surface area (Å²) in [5.41, 5.74) is 0.249. The van der Waals surface area contributed by atoms with Crippen LogP contribution < -0.4 is 16.6 Å². The highest BCUT2D eigenvalue weighted by atomic mass is 32.2. The fourth-order valence-corrected chi connectivity index (χ4v) is 5.50. The number of sulfonamides is 1. The first-order valence-electron chi connectivity index (χ1n) is 10.7. The van der Waals surface area contributed by atoms with E-state index in [9.17, 15) is 22.8 Å². The minimum atomic E-state index is -3.49. The number of fused-ring (bicyclic) bond motifs is 1. The van der Waals surface area contributed by atoms with Crippen molar-refractivity contribution in [1.29, 1.82) is 0 Å². The Morgan fingerprint density at radius 3 is 2.39 bits per heavy atom. The van der Waals surface area contributed by atoms with Gasteiger partial charge in [0.1, 0.15) is 0 Å². The van der Waals surface area contributed by atoms with Gasteiger partial charge in [0.25, 0.3) is 5.56 Å². The molecule has 0 saturated carbocycles. The minimum absolute atomic E-state index is 0.194. The number of nitrogens with one attached hydrogen (secondary N) is 1. The zero-order chi connectivity index (χ0) is 23.8. The van der Waals surface area contributed by atoms with E-state index < -0.39 is 21.3 Å². The molecule has 1 aliphatic rings. The summed E-state index contributed by atoms with van der Waals surface area (Å²) >= 11 is 0. The summed E-state index contributed by atoms with van der Waals surface area (Å²) in [4.78, 5) is 41.2. The Morgan fingerprint density at radius 2 is 1.73 bits per heavy atom. The van der Waals surface area contributed by atoms with E-state index in [-0.39, 0.29) is 17.2 Å². The highest BCUT2D eigenvalue weighted by Gasteiger charge is 2.27.